The van der Waals surface area contributed by atoms with Crippen LogP contribution in [0.5, 0.6) is 0 Å². The number of hydrogen-bond donors (Lipinski definition) is 0. The summed E-state index contributed by atoms with van der Waals surface area (Å²) in [5.74, 6) is 0. The molecule has 0 saturated carbocycles. The topological polar surface area (TPSA) is 0 Å². The molecule has 1 aromatic carbocycles. The van der Waals surface area contributed by atoms with Crippen LogP contribution in [0.4, 0.5) is 0 Å². The molecule has 0 N–H and O–H groups in total. The Kier molecular flexibility index (Phi) is 5.51. The molecule has 0 spiro atoms. The van der Waals surface area contributed by atoms with Gasteiger partial charge in [-0.25, -0.2) is 0 Å². The van der Waals surface area contributed by atoms with Crippen molar-refractivity contribution in [3.8, 4) is 0 Å². The molecule has 0 aliphatic rings. The van der Waals surface area contributed by atoms with Crippen molar-refractivity contribution in [2.75, 3.05) is 0 Å². The molecule has 0 saturated heterocycles. The largest absolute Gasteiger partial charge is 0.0884 e. The fourth-order valence-corrected chi connectivity index (χ4v) is 1.63. The lowest BCUT2D eigenvalue weighted by Gasteiger charge is -2.08. The highest BCUT2D eigenvalue weighted by Crippen LogP contribution is 2.14. The molecule has 0 unspecified atom stereocenters. The molecule has 0 atom stereocenters. The van der Waals surface area contributed by atoms with Crippen LogP contribution in [-0.2, 0) is 12.8 Å². The van der Waals surface area contributed by atoms with Crippen LogP contribution in [0.3, 0.4) is 0 Å². The van der Waals surface area contributed by atoms with Crippen LogP contribution in [0, 0.1) is 0 Å². The molecule has 0 aliphatic carbocycles. The molecular formula is C12H16B2. The van der Waals surface area contributed by atoms with E-state index in [-0.39, 0.29) is 0 Å². The van der Waals surface area contributed by atoms with E-state index in [9.17, 15) is 0 Å². The lowest BCUT2D eigenvalue weighted by molar-refractivity contribution is 0.859. The van der Waals surface area contributed by atoms with Gasteiger partial charge in [0.15, 0.2) is 0 Å². The Bertz CT molecular complexity index is 231. The van der Waals surface area contributed by atoms with Crippen molar-refractivity contribution in [2.45, 2.75) is 38.3 Å². The highest BCUT2D eigenvalue weighted by molar-refractivity contribution is 6.08. The predicted molar refractivity (Wildman–Crippen MR) is 64.2 cm³/mol. The Morgan fingerprint density at radius 3 is 1.57 bits per heavy atom. The molecule has 0 nitrogen and oxygen atoms in total. The van der Waals surface area contributed by atoms with E-state index in [2.05, 4.69) is 24.3 Å². The van der Waals surface area contributed by atoms with Crippen molar-refractivity contribution in [3.63, 3.8) is 0 Å². The molecule has 0 bridgehead atoms. The van der Waals surface area contributed by atoms with Gasteiger partial charge in [-0.15, -0.1) is 0 Å². The van der Waals surface area contributed by atoms with Gasteiger partial charge in [0.25, 0.3) is 0 Å². The highest BCUT2D eigenvalue weighted by atomic mass is 14.0. The Balaban J connectivity index is 2.60. The summed E-state index contributed by atoms with van der Waals surface area (Å²) >= 11 is 0. The van der Waals surface area contributed by atoms with Gasteiger partial charge >= 0.3 is 0 Å². The molecule has 0 amide bonds. The Morgan fingerprint density at radius 1 is 0.786 bits per heavy atom. The van der Waals surface area contributed by atoms with Gasteiger partial charge in [-0.05, 0) is 24.0 Å². The molecule has 14 heavy (non-hydrogen) atoms. The first-order chi connectivity index (χ1) is 6.88. The minimum Gasteiger partial charge on any atom is -0.0884 e. The monoisotopic (exact) mass is 182 g/mol. The van der Waals surface area contributed by atoms with Crippen LogP contribution in [0.15, 0.2) is 24.3 Å². The molecule has 0 aliphatic heterocycles. The second-order valence-electron chi connectivity index (χ2n) is 3.55. The molecule has 2 heteroatoms. The second-order valence-corrected chi connectivity index (χ2v) is 3.55. The fraction of sp³-hybridized carbons (Fsp3) is 0.500. The highest BCUT2D eigenvalue weighted by Gasteiger charge is 1.99. The van der Waals surface area contributed by atoms with E-state index >= 15 is 0 Å². The van der Waals surface area contributed by atoms with Crippen molar-refractivity contribution < 1.29 is 0 Å². The third-order valence-electron chi connectivity index (χ3n) is 2.42. The molecule has 1 aromatic rings. The van der Waals surface area contributed by atoms with Crippen LogP contribution >= 0.6 is 0 Å². The average Bonchev–Trinajstić information content (AvgIpc) is 2.24. The van der Waals surface area contributed by atoms with Gasteiger partial charge < -0.3 is 0 Å². The third kappa shape index (κ3) is 3.61. The lowest BCUT2D eigenvalue weighted by Crippen LogP contribution is -1.94. The van der Waals surface area contributed by atoms with E-state index in [1.54, 1.807) is 0 Å². The quantitative estimate of drug-likeness (QED) is 0.593. The molecule has 0 aromatic heterocycles. The molecule has 0 fully saturated rings. The summed E-state index contributed by atoms with van der Waals surface area (Å²) < 4.78 is 0. The van der Waals surface area contributed by atoms with E-state index in [1.807, 2.05) is 0 Å². The maximum Gasteiger partial charge on any atom is 0.0653 e. The zero-order valence-electron chi connectivity index (χ0n) is 8.71. The summed E-state index contributed by atoms with van der Waals surface area (Å²) in [4.78, 5) is 0. The first-order valence-electron chi connectivity index (χ1n) is 5.35. The Labute approximate surface area is 89.9 Å². The van der Waals surface area contributed by atoms with E-state index in [0.29, 0.717) is 0 Å². The summed E-state index contributed by atoms with van der Waals surface area (Å²) in [6.45, 7) is 0. The maximum atomic E-state index is 5.51. The predicted octanol–water partition coefficient (Wildman–Crippen LogP) is 2.73. The summed E-state index contributed by atoms with van der Waals surface area (Å²) in [6, 6.07) is 8.58. The van der Waals surface area contributed by atoms with Gasteiger partial charge in [-0.1, -0.05) is 49.7 Å². The Morgan fingerprint density at radius 2 is 1.21 bits per heavy atom. The molecule has 0 heterocycles. The van der Waals surface area contributed by atoms with Gasteiger partial charge in [0, 0.05) is 0 Å². The van der Waals surface area contributed by atoms with Crippen molar-refractivity contribution in [3.05, 3.63) is 35.4 Å². The molecule has 1 rings (SSSR count). The van der Waals surface area contributed by atoms with Crippen LogP contribution in [0.1, 0.15) is 24.0 Å². The maximum absolute atomic E-state index is 5.51. The number of aryl methyl sites for hydroxylation is 2. The van der Waals surface area contributed by atoms with Crippen molar-refractivity contribution >= 4 is 15.7 Å². The van der Waals surface area contributed by atoms with Crippen LogP contribution < -0.4 is 0 Å². The SMILES string of the molecule is [B]CCCc1ccccc1CCC[B]. The summed E-state index contributed by atoms with van der Waals surface area (Å²) in [5, 5.41) is 0. The van der Waals surface area contributed by atoms with Crippen LogP contribution in [0.25, 0.3) is 0 Å². The zero-order chi connectivity index (χ0) is 10.2. The first-order valence-corrected chi connectivity index (χ1v) is 5.35. The number of benzene rings is 1. The number of rotatable bonds is 6. The second kappa shape index (κ2) is 6.75. The first kappa shape index (κ1) is 11.4. The smallest absolute Gasteiger partial charge is 0.0653 e. The van der Waals surface area contributed by atoms with E-state index in [0.717, 1.165) is 38.3 Å². The van der Waals surface area contributed by atoms with Crippen molar-refractivity contribution in [2.24, 2.45) is 0 Å². The van der Waals surface area contributed by atoms with Gasteiger partial charge in [-0.3, -0.25) is 0 Å². The minimum atomic E-state index is 0.769. The Hall–Kier alpha value is -0.650. The average molecular weight is 182 g/mol. The van der Waals surface area contributed by atoms with E-state index in [1.165, 1.54) is 11.1 Å². The van der Waals surface area contributed by atoms with Gasteiger partial charge in [0.2, 0.25) is 0 Å². The minimum absolute atomic E-state index is 0.769. The summed E-state index contributed by atoms with van der Waals surface area (Å²) in [6.07, 6.45) is 5.87. The standard InChI is InChI=1S/C12H16B2/c13-9-3-7-11-5-1-2-6-12(11)8-4-10-14/h1-2,5-6H,3-4,7-10H2. The van der Waals surface area contributed by atoms with Gasteiger partial charge in [0.1, 0.15) is 0 Å². The van der Waals surface area contributed by atoms with Crippen LogP contribution in [0.2, 0.25) is 12.6 Å². The van der Waals surface area contributed by atoms with Crippen molar-refractivity contribution in [1.82, 2.24) is 0 Å². The van der Waals surface area contributed by atoms with Crippen molar-refractivity contribution in [1.29, 1.82) is 0 Å². The molecular weight excluding hydrogens is 166 g/mol. The number of hydrogen-bond acceptors (Lipinski definition) is 0. The van der Waals surface area contributed by atoms with Crippen LogP contribution in [-0.4, -0.2) is 15.7 Å². The third-order valence-corrected chi connectivity index (χ3v) is 2.42. The zero-order valence-corrected chi connectivity index (χ0v) is 8.71. The van der Waals surface area contributed by atoms with E-state index in [4.69, 9.17) is 15.7 Å². The van der Waals surface area contributed by atoms with Gasteiger partial charge in [0.05, 0.1) is 15.7 Å². The molecule has 4 radical (unpaired) electrons. The summed E-state index contributed by atoms with van der Waals surface area (Å²) in [5.41, 5.74) is 2.87. The molecule has 70 valence electrons. The summed E-state index contributed by atoms with van der Waals surface area (Å²) in [7, 11) is 11.0. The normalized spacial score (nSPS) is 10.3. The van der Waals surface area contributed by atoms with Gasteiger partial charge in [-0.2, -0.15) is 0 Å². The lowest BCUT2D eigenvalue weighted by atomic mass is 9.92. The fourth-order valence-electron chi connectivity index (χ4n) is 1.63. The van der Waals surface area contributed by atoms with E-state index < -0.39 is 0 Å².